The molecule has 0 radical (unpaired) electrons. The smallest absolute Gasteiger partial charge is 0.305 e. The maximum absolute atomic E-state index is 11.8. The number of hydrazone groups is 1. The maximum Gasteiger partial charge on any atom is 0.305 e. The number of pyridine rings is 1. The van der Waals surface area contributed by atoms with Crippen molar-refractivity contribution in [3.05, 3.63) is 60.3 Å². The summed E-state index contributed by atoms with van der Waals surface area (Å²) in [5, 5.41) is 4.02. The summed E-state index contributed by atoms with van der Waals surface area (Å²) in [7, 11) is 0. The number of hydrogen-bond acceptors (Lipinski definition) is 3. The van der Waals surface area contributed by atoms with E-state index in [1.165, 1.54) is 0 Å². The molecule has 0 aliphatic heterocycles. The van der Waals surface area contributed by atoms with Gasteiger partial charge in [0.1, 0.15) is 5.76 Å². The number of furan rings is 1. The molecule has 1 N–H and O–H groups in total. The third-order valence-electron chi connectivity index (χ3n) is 2.72. The summed E-state index contributed by atoms with van der Waals surface area (Å²) < 4.78 is 6.98. The van der Waals surface area contributed by atoms with Gasteiger partial charge in [0.05, 0.1) is 12.0 Å². The predicted molar refractivity (Wildman–Crippen MR) is 80.4 cm³/mol. The molecule has 0 atom stereocenters. The first kappa shape index (κ1) is 17.7. The zero-order valence-electron chi connectivity index (χ0n) is 12.5. The van der Waals surface area contributed by atoms with Crippen LogP contribution in [0.4, 0.5) is 0 Å². The first-order chi connectivity index (χ1) is 10.1. The Morgan fingerprint density at radius 1 is 1.41 bits per heavy atom. The predicted octanol–water partition coefficient (Wildman–Crippen LogP) is -0.915. The fourth-order valence-electron chi connectivity index (χ4n) is 1.73. The van der Waals surface area contributed by atoms with Crippen LogP contribution in [0.3, 0.4) is 0 Å². The second-order valence-corrected chi connectivity index (χ2v) is 4.69. The lowest BCUT2D eigenvalue weighted by atomic mass is 10.3. The van der Waals surface area contributed by atoms with Crippen molar-refractivity contribution in [3.63, 3.8) is 0 Å². The van der Waals surface area contributed by atoms with Crippen LogP contribution in [-0.4, -0.2) is 11.6 Å². The topological polar surface area (TPSA) is 58.5 Å². The number of nitrogens with zero attached hydrogens (tertiary/aromatic N) is 2. The molecule has 0 fully saturated rings. The van der Waals surface area contributed by atoms with Crippen LogP contribution in [0.1, 0.15) is 18.2 Å². The first-order valence-corrected chi connectivity index (χ1v) is 6.64. The van der Waals surface area contributed by atoms with E-state index in [0.29, 0.717) is 5.71 Å². The zero-order chi connectivity index (χ0) is 15.1. The normalized spacial score (nSPS) is 11.3. The Bertz CT molecular complexity index is 664. The molecule has 0 aromatic carbocycles. The highest BCUT2D eigenvalue weighted by atomic mass is 35.5. The van der Waals surface area contributed by atoms with Gasteiger partial charge in [0.2, 0.25) is 6.54 Å². The average Bonchev–Trinajstić information content (AvgIpc) is 2.96. The van der Waals surface area contributed by atoms with Crippen molar-refractivity contribution in [1.29, 1.82) is 0 Å². The Morgan fingerprint density at radius 2 is 2.23 bits per heavy atom. The van der Waals surface area contributed by atoms with Crippen LogP contribution in [0.5, 0.6) is 0 Å². The highest BCUT2D eigenvalue weighted by molar-refractivity contribution is 5.96. The number of amides is 1. The Kier molecular flexibility index (Phi) is 7.05. The van der Waals surface area contributed by atoms with Crippen LogP contribution >= 0.6 is 0 Å². The van der Waals surface area contributed by atoms with Crippen molar-refractivity contribution in [2.45, 2.75) is 20.4 Å². The van der Waals surface area contributed by atoms with Gasteiger partial charge in [-0.1, -0.05) is 0 Å². The van der Waals surface area contributed by atoms with Gasteiger partial charge < -0.3 is 16.8 Å². The minimum atomic E-state index is -0.170. The number of aromatic nitrogens is 1. The molecule has 22 heavy (non-hydrogen) atoms. The van der Waals surface area contributed by atoms with E-state index in [-0.39, 0.29) is 24.9 Å². The number of carbonyl (C=O) groups is 1. The quantitative estimate of drug-likeness (QED) is 0.440. The highest BCUT2D eigenvalue weighted by Crippen LogP contribution is 2.02. The summed E-state index contributed by atoms with van der Waals surface area (Å²) >= 11 is 0. The minimum Gasteiger partial charge on any atom is -1.00 e. The van der Waals surface area contributed by atoms with E-state index >= 15 is 0 Å². The van der Waals surface area contributed by atoms with Crippen LogP contribution < -0.4 is 22.4 Å². The van der Waals surface area contributed by atoms with Gasteiger partial charge in [-0.05, 0) is 44.2 Å². The molecule has 1 amide bonds. The molecule has 5 nitrogen and oxygen atoms in total. The summed E-state index contributed by atoms with van der Waals surface area (Å²) in [4.78, 5) is 11.8. The standard InChI is InChI=1S/C16H17N3O2.ClH/c1-13-5-3-9-19(11-13)12-16(20)18-17-14(2)7-8-15-6-4-10-21-15;/h3-11H,12H2,1-2H3;1H/b8-7+,17-14+;. The summed E-state index contributed by atoms with van der Waals surface area (Å²) in [6, 6.07) is 7.54. The molecule has 0 bridgehead atoms. The monoisotopic (exact) mass is 319 g/mol. The Hall–Kier alpha value is -2.40. The van der Waals surface area contributed by atoms with Gasteiger partial charge >= 0.3 is 5.91 Å². The third-order valence-corrected chi connectivity index (χ3v) is 2.72. The molecule has 2 aromatic rings. The lowest BCUT2D eigenvalue weighted by Crippen LogP contribution is -3.00. The largest absolute Gasteiger partial charge is 1.00 e. The number of allylic oxidation sites excluding steroid dienone is 1. The van der Waals surface area contributed by atoms with E-state index in [2.05, 4.69) is 10.5 Å². The third kappa shape index (κ3) is 5.93. The van der Waals surface area contributed by atoms with Crippen molar-refractivity contribution < 1.29 is 26.2 Å². The van der Waals surface area contributed by atoms with E-state index in [9.17, 15) is 4.79 Å². The number of nitrogens with one attached hydrogen (secondary N) is 1. The molecule has 0 aliphatic carbocycles. The van der Waals surface area contributed by atoms with E-state index in [1.807, 2.05) is 48.1 Å². The number of carbonyl (C=O) groups excluding carboxylic acids is 1. The Labute approximate surface area is 135 Å². The van der Waals surface area contributed by atoms with Crippen LogP contribution in [0.25, 0.3) is 6.08 Å². The molecule has 0 aliphatic rings. The van der Waals surface area contributed by atoms with Crippen LogP contribution in [-0.2, 0) is 11.3 Å². The van der Waals surface area contributed by atoms with Gasteiger partial charge in [-0.2, -0.15) is 9.67 Å². The second-order valence-electron chi connectivity index (χ2n) is 4.69. The van der Waals surface area contributed by atoms with Gasteiger partial charge in [-0.3, -0.25) is 4.79 Å². The molecule has 6 heteroatoms. The van der Waals surface area contributed by atoms with E-state index in [1.54, 1.807) is 25.3 Å². The SMILES string of the molecule is CC(/C=C/c1ccco1)=N\NC(=O)C[n+]1cccc(C)c1.[Cl-]. The summed E-state index contributed by atoms with van der Waals surface area (Å²) in [5.41, 5.74) is 4.32. The Balaban J connectivity index is 0.00000242. The van der Waals surface area contributed by atoms with Gasteiger partial charge in [-0.25, -0.2) is 5.43 Å². The molecule has 0 saturated heterocycles. The van der Waals surface area contributed by atoms with Crippen LogP contribution in [0.15, 0.2) is 58.5 Å². The zero-order valence-corrected chi connectivity index (χ0v) is 13.2. The fourth-order valence-corrected chi connectivity index (χ4v) is 1.73. The molecule has 0 saturated carbocycles. The summed E-state index contributed by atoms with van der Waals surface area (Å²) in [5.74, 6) is 0.572. The molecular formula is C16H18ClN3O2. The van der Waals surface area contributed by atoms with E-state index in [0.717, 1.165) is 11.3 Å². The molecule has 0 unspecified atom stereocenters. The van der Waals surface area contributed by atoms with E-state index < -0.39 is 0 Å². The summed E-state index contributed by atoms with van der Waals surface area (Å²) in [6.07, 6.45) is 8.93. The van der Waals surface area contributed by atoms with Crippen molar-refractivity contribution in [1.82, 2.24) is 5.43 Å². The number of hydrogen-bond donors (Lipinski definition) is 1. The molecule has 0 spiro atoms. The van der Waals surface area contributed by atoms with Crippen LogP contribution in [0.2, 0.25) is 0 Å². The van der Waals surface area contributed by atoms with Crippen molar-refractivity contribution in [2.75, 3.05) is 0 Å². The molecule has 2 heterocycles. The van der Waals surface area contributed by atoms with Gasteiger partial charge in [0.25, 0.3) is 0 Å². The van der Waals surface area contributed by atoms with Gasteiger partial charge in [0.15, 0.2) is 12.4 Å². The number of rotatable bonds is 5. The lowest BCUT2D eigenvalue weighted by molar-refractivity contribution is -0.684. The molecular weight excluding hydrogens is 302 g/mol. The number of aryl methyl sites for hydroxylation is 1. The van der Waals surface area contributed by atoms with E-state index in [4.69, 9.17) is 4.42 Å². The van der Waals surface area contributed by atoms with Crippen molar-refractivity contribution in [2.24, 2.45) is 5.10 Å². The maximum atomic E-state index is 11.8. The summed E-state index contributed by atoms with van der Waals surface area (Å²) in [6.45, 7) is 4.02. The minimum absolute atomic E-state index is 0. The highest BCUT2D eigenvalue weighted by Gasteiger charge is 2.07. The molecule has 2 aromatic heterocycles. The van der Waals surface area contributed by atoms with Crippen molar-refractivity contribution >= 4 is 17.7 Å². The molecule has 2 rings (SSSR count). The Morgan fingerprint density at radius 3 is 2.91 bits per heavy atom. The van der Waals surface area contributed by atoms with Crippen molar-refractivity contribution in [3.8, 4) is 0 Å². The first-order valence-electron chi connectivity index (χ1n) is 6.64. The fraction of sp³-hybridized carbons (Fsp3) is 0.188. The average molecular weight is 320 g/mol. The van der Waals surface area contributed by atoms with Gasteiger partial charge in [0, 0.05) is 11.6 Å². The van der Waals surface area contributed by atoms with Crippen LogP contribution in [0, 0.1) is 6.92 Å². The second kappa shape index (κ2) is 8.79. The molecule has 116 valence electrons. The lowest BCUT2D eigenvalue weighted by Gasteiger charge is -1.98. The number of halogens is 1. The van der Waals surface area contributed by atoms with Gasteiger partial charge in [-0.15, -0.1) is 0 Å².